The first-order chi connectivity index (χ1) is 10.3. The third-order valence-electron chi connectivity index (χ3n) is 3.88. The van der Waals surface area contributed by atoms with Gasteiger partial charge in [0.25, 0.3) is 5.95 Å². The molecular weight excluding hydrogens is 264 g/mol. The van der Waals surface area contributed by atoms with Gasteiger partial charge in [-0.3, -0.25) is 4.98 Å². The molecule has 4 rings (SSSR count). The van der Waals surface area contributed by atoms with Crippen LogP contribution in [-0.4, -0.2) is 22.2 Å². The first-order valence-corrected chi connectivity index (χ1v) is 7.17. The molecule has 0 saturated heterocycles. The van der Waals surface area contributed by atoms with Crippen LogP contribution in [0.4, 0.5) is 5.95 Å². The van der Waals surface area contributed by atoms with Gasteiger partial charge in [-0.1, -0.05) is 18.2 Å². The van der Waals surface area contributed by atoms with Crippen LogP contribution >= 0.6 is 0 Å². The van der Waals surface area contributed by atoms with Crippen LogP contribution < -0.4 is 4.90 Å². The third-order valence-corrected chi connectivity index (χ3v) is 3.88. The average molecular weight is 280 g/mol. The van der Waals surface area contributed by atoms with Crippen molar-refractivity contribution in [3.63, 3.8) is 0 Å². The Hall–Kier alpha value is -2.43. The largest absolute Gasteiger partial charge is 0.337 e. The van der Waals surface area contributed by atoms with Crippen LogP contribution in [0, 0.1) is 0 Å². The number of rotatable bonds is 4. The Morgan fingerprint density at radius 1 is 1.29 bits per heavy atom. The summed E-state index contributed by atoms with van der Waals surface area (Å²) < 4.78 is 5.32. The monoisotopic (exact) mass is 280 g/mol. The predicted molar refractivity (Wildman–Crippen MR) is 80.1 cm³/mol. The Morgan fingerprint density at radius 3 is 3.05 bits per heavy atom. The Kier molecular flexibility index (Phi) is 2.84. The maximum Gasteiger partial charge on any atom is 0.266 e. The molecule has 0 amide bonds. The third kappa shape index (κ3) is 2.35. The predicted octanol–water partition coefficient (Wildman–Crippen LogP) is 3.13. The second-order valence-electron chi connectivity index (χ2n) is 5.58. The van der Waals surface area contributed by atoms with E-state index in [1.54, 1.807) is 0 Å². The molecule has 2 heterocycles. The highest BCUT2D eigenvalue weighted by Gasteiger charge is 2.30. The zero-order chi connectivity index (χ0) is 14.2. The molecule has 1 aromatic carbocycles. The molecule has 0 N–H and O–H groups in total. The summed E-state index contributed by atoms with van der Waals surface area (Å²) in [5.74, 6) is 1.92. The summed E-state index contributed by atoms with van der Waals surface area (Å²) in [6.45, 7) is 0.741. The van der Waals surface area contributed by atoms with Crippen molar-refractivity contribution >= 4 is 16.7 Å². The van der Waals surface area contributed by atoms with E-state index in [0.29, 0.717) is 11.9 Å². The lowest BCUT2D eigenvalue weighted by Crippen LogP contribution is -2.18. The van der Waals surface area contributed by atoms with Gasteiger partial charge in [0.1, 0.15) is 0 Å². The summed E-state index contributed by atoms with van der Waals surface area (Å²) in [6, 6.07) is 8.30. The van der Waals surface area contributed by atoms with E-state index in [2.05, 4.69) is 33.3 Å². The van der Waals surface area contributed by atoms with Crippen LogP contribution in [0.15, 0.2) is 41.2 Å². The Labute approximate surface area is 122 Å². The molecule has 2 aromatic heterocycles. The van der Waals surface area contributed by atoms with Gasteiger partial charge in [-0.2, -0.15) is 4.98 Å². The van der Waals surface area contributed by atoms with Crippen molar-refractivity contribution in [2.75, 3.05) is 11.9 Å². The highest BCUT2D eigenvalue weighted by Crippen LogP contribution is 2.39. The fourth-order valence-corrected chi connectivity index (χ4v) is 2.53. The zero-order valence-corrected chi connectivity index (χ0v) is 11.9. The molecule has 21 heavy (non-hydrogen) atoms. The first-order valence-electron chi connectivity index (χ1n) is 7.17. The fourth-order valence-electron chi connectivity index (χ4n) is 2.53. The van der Waals surface area contributed by atoms with Gasteiger partial charge in [0.2, 0.25) is 5.89 Å². The Morgan fingerprint density at radius 2 is 2.19 bits per heavy atom. The number of hydrogen-bond donors (Lipinski definition) is 0. The van der Waals surface area contributed by atoms with E-state index in [-0.39, 0.29) is 0 Å². The molecule has 0 radical (unpaired) electrons. The molecule has 1 saturated carbocycles. The molecule has 1 aliphatic carbocycles. The van der Waals surface area contributed by atoms with E-state index in [1.807, 2.05) is 30.4 Å². The van der Waals surface area contributed by atoms with Gasteiger partial charge in [-0.05, 0) is 35.0 Å². The lowest BCUT2D eigenvalue weighted by molar-refractivity contribution is 0.379. The van der Waals surface area contributed by atoms with Crippen molar-refractivity contribution < 1.29 is 4.52 Å². The Balaban J connectivity index is 1.61. The van der Waals surface area contributed by atoms with Crippen LogP contribution in [0.1, 0.15) is 30.2 Å². The van der Waals surface area contributed by atoms with Crippen molar-refractivity contribution in [2.24, 2.45) is 0 Å². The Bertz CT molecular complexity index is 773. The van der Waals surface area contributed by atoms with Crippen molar-refractivity contribution in [3.05, 3.63) is 48.1 Å². The summed E-state index contributed by atoms with van der Waals surface area (Å²) >= 11 is 0. The van der Waals surface area contributed by atoms with Crippen LogP contribution in [-0.2, 0) is 6.54 Å². The van der Waals surface area contributed by atoms with Crippen LogP contribution in [0.5, 0.6) is 0 Å². The first kappa shape index (κ1) is 12.3. The normalized spacial score (nSPS) is 14.5. The van der Waals surface area contributed by atoms with Gasteiger partial charge >= 0.3 is 0 Å². The van der Waals surface area contributed by atoms with Gasteiger partial charge in [0.15, 0.2) is 0 Å². The summed E-state index contributed by atoms with van der Waals surface area (Å²) in [5, 5.41) is 6.44. The second kappa shape index (κ2) is 4.84. The van der Waals surface area contributed by atoms with Crippen molar-refractivity contribution in [1.29, 1.82) is 0 Å². The van der Waals surface area contributed by atoms with Gasteiger partial charge in [-0.25, -0.2) is 0 Å². The SMILES string of the molecule is CN(Cc1cccc2cnccc12)c1noc(C2CC2)n1. The molecule has 0 unspecified atom stereocenters. The standard InChI is InChI=1S/C16H16N4O/c1-20(16-18-15(21-19-16)11-5-6-11)10-13-4-2-3-12-9-17-8-7-14(12)13/h2-4,7-9,11H,5-6,10H2,1H3. The van der Waals surface area contributed by atoms with E-state index in [4.69, 9.17) is 4.52 Å². The van der Waals surface area contributed by atoms with Crippen LogP contribution in [0.2, 0.25) is 0 Å². The van der Waals surface area contributed by atoms with Crippen molar-refractivity contribution in [2.45, 2.75) is 25.3 Å². The molecule has 3 aromatic rings. The molecule has 0 aliphatic heterocycles. The topological polar surface area (TPSA) is 55.1 Å². The van der Waals surface area contributed by atoms with Gasteiger partial charge in [-0.15, -0.1) is 0 Å². The van der Waals surface area contributed by atoms with Gasteiger partial charge < -0.3 is 9.42 Å². The maximum atomic E-state index is 5.32. The molecule has 0 atom stereocenters. The number of hydrogen-bond acceptors (Lipinski definition) is 5. The highest BCUT2D eigenvalue weighted by atomic mass is 16.5. The van der Waals surface area contributed by atoms with Crippen LogP contribution in [0.3, 0.4) is 0 Å². The molecule has 1 aliphatic rings. The minimum absolute atomic E-state index is 0.489. The van der Waals surface area contributed by atoms with E-state index in [0.717, 1.165) is 17.8 Å². The lowest BCUT2D eigenvalue weighted by Gasteiger charge is -2.15. The number of fused-ring (bicyclic) bond motifs is 1. The van der Waals surface area contributed by atoms with E-state index < -0.39 is 0 Å². The quantitative estimate of drug-likeness (QED) is 0.735. The van der Waals surface area contributed by atoms with E-state index >= 15 is 0 Å². The number of benzene rings is 1. The average Bonchev–Trinajstić information content (AvgIpc) is 3.25. The van der Waals surface area contributed by atoms with E-state index in [9.17, 15) is 0 Å². The minimum Gasteiger partial charge on any atom is -0.337 e. The molecule has 0 bridgehead atoms. The van der Waals surface area contributed by atoms with Gasteiger partial charge in [0.05, 0.1) is 0 Å². The number of nitrogens with zero attached hydrogens (tertiary/aromatic N) is 4. The molecule has 5 heteroatoms. The molecule has 1 fully saturated rings. The summed E-state index contributed by atoms with van der Waals surface area (Å²) in [5.41, 5.74) is 1.23. The fraction of sp³-hybridized carbons (Fsp3) is 0.312. The maximum absolute atomic E-state index is 5.32. The molecular formula is C16H16N4O. The van der Waals surface area contributed by atoms with Crippen LogP contribution in [0.25, 0.3) is 10.8 Å². The molecule has 106 valence electrons. The van der Waals surface area contributed by atoms with Crippen molar-refractivity contribution in [1.82, 2.24) is 15.1 Å². The van der Waals surface area contributed by atoms with E-state index in [1.165, 1.54) is 23.8 Å². The summed E-state index contributed by atoms with van der Waals surface area (Å²) in [6.07, 6.45) is 6.05. The minimum atomic E-state index is 0.489. The lowest BCUT2D eigenvalue weighted by atomic mass is 10.1. The smallest absolute Gasteiger partial charge is 0.266 e. The summed E-state index contributed by atoms with van der Waals surface area (Å²) in [7, 11) is 1.99. The number of pyridine rings is 1. The van der Waals surface area contributed by atoms with Gasteiger partial charge in [0, 0.05) is 37.3 Å². The second-order valence-corrected chi connectivity index (χ2v) is 5.58. The number of anilines is 1. The van der Waals surface area contributed by atoms with Crippen molar-refractivity contribution in [3.8, 4) is 0 Å². The molecule has 5 nitrogen and oxygen atoms in total. The molecule has 0 spiro atoms. The highest BCUT2D eigenvalue weighted by molar-refractivity contribution is 5.84. The zero-order valence-electron chi connectivity index (χ0n) is 11.9. The summed E-state index contributed by atoms with van der Waals surface area (Å²) in [4.78, 5) is 10.7. The number of aromatic nitrogens is 3.